The molecule has 0 bridgehead atoms. The minimum atomic E-state index is -0.652. The number of ether oxygens (including phenoxy) is 1. The van der Waals surface area contributed by atoms with Gasteiger partial charge in [-0.15, -0.1) is 0 Å². The van der Waals surface area contributed by atoms with Crippen LogP contribution in [-0.2, 0) is 10.3 Å². The summed E-state index contributed by atoms with van der Waals surface area (Å²) in [5, 5.41) is 0. The molecule has 0 amide bonds. The van der Waals surface area contributed by atoms with Gasteiger partial charge in [-0.2, -0.15) is 0 Å². The molecule has 30 heavy (non-hydrogen) atoms. The van der Waals surface area contributed by atoms with Crippen LogP contribution in [0.5, 0.6) is 0 Å². The summed E-state index contributed by atoms with van der Waals surface area (Å²) in [5.41, 5.74) is 2.84. The SMILES string of the molecule is CC[C@H]1C[C@H]1CC(/C=C/I)OC(c1ccccc1)(c1ccccc1)c1ccccc1. The van der Waals surface area contributed by atoms with E-state index in [1.165, 1.54) is 12.8 Å². The minimum absolute atomic E-state index is 0.0593. The van der Waals surface area contributed by atoms with Gasteiger partial charge in [0.2, 0.25) is 0 Å². The second kappa shape index (κ2) is 9.93. The van der Waals surface area contributed by atoms with Gasteiger partial charge in [0.1, 0.15) is 5.60 Å². The molecule has 0 heterocycles. The predicted octanol–water partition coefficient (Wildman–Crippen LogP) is 7.75. The second-order valence-electron chi connectivity index (χ2n) is 8.15. The average Bonchev–Trinajstić information content (AvgIpc) is 3.57. The van der Waals surface area contributed by atoms with Gasteiger partial charge < -0.3 is 4.74 Å². The summed E-state index contributed by atoms with van der Waals surface area (Å²) in [5.74, 6) is 1.63. The lowest BCUT2D eigenvalue weighted by Crippen LogP contribution is -2.36. The van der Waals surface area contributed by atoms with Gasteiger partial charge in [0.25, 0.3) is 0 Å². The third-order valence-electron chi connectivity index (χ3n) is 6.28. The molecule has 0 N–H and O–H groups in total. The molecule has 1 aliphatic rings. The first-order valence-corrected chi connectivity index (χ1v) is 12.1. The van der Waals surface area contributed by atoms with Gasteiger partial charge in [-0.25, -0.2) is 0 Å². The van der Waals surface area contributed by atoms with Crippen LogP contribution in [0.15, 0.2) is 101 Å². The molecule has 0 spiro atoms. The molecular formula is C28H29IO. The third kappa shape index (κ3) is 4.55. The molecule has 3 aromatic rings. The average molecular weight is 508 g/mol. The molecule has 3 atom stereocenters. The van der Waals surface area contributed by atoms with Gasteiger partial charge in [0, 0.05) is 0 Å². The van der Waals surface area contributed by atoms with E-state index in [2.05, 4.69) is 131 Å². The number of rotatable bonds is 9. The van der Waals surface area contributed by atoms with Crippen molar-refractivity contribution in [3.05, 3.63) is 118 Å². The van der Waals surface area contributed by atoms with Crippen molar-refractivity contribution in [1.82, 2.24) is 0 Å². The monoisotopic (exact) mass is 508 g/mol. The molecule has 1 nitrogen and oxygen atoms in total. The standard InChI is InChI=1S/C28H29IO/c1-2-22-20-23(22)21-27(18-19-29)30-28(24-12-6-3-7-13-24,25-14-8-4-9-15-25)26-16-10-5-11-17-26/h3-19,22-23,27H,2,20-21H2,1H3/b19-18+/t22-,23-,27?/m0/s1. The van der Waals surface area contributed by atoms with Gasteiger partial charge in [-0.05, 0) is 51.5 Å². The van der Waals surface area contributed by atoms with Crippen molar-refractivity contribution >= 4 is 22.6 Å². The van der Waals surface area contributed by atoms with E-state index in [1.54, 1.807) is 0 Å². The molecule has 0 aromatic heterocycles. The zero-order valence-electron chi connectivity index (χ0n) is 17.5. The van der Waals surface area contributed by atoms with Crippen LogP contribution in [0, 0.1) is 11.8 Å². The van der Waals surface area contributed by atoms with Crippen LogP contribution in [0.25, 0.3) is 0 Å². The molecule has 0 aliphatic heterocycles. The Morgan fingerprint density at radius 1 is 0.833 bits per heavy atom. The van der Waals surface area contributed by atoms with E-state index in [9.17, 15) is 0 Å². The van der Waals surface area contributed by atoms with Crippen LogP contribution in [0.2, 0.25) is 0 Å². The van der Waals surface area contributed by atoms with E-state index in [1.807, 2.05) is 0 Å². The summed E-state index contributed by atoms with van der Waals surface area (Å²) in [6, 6.07) is 32.0. The van der Waals surface area contributed by atoms with Gasteiger partial charge >= 0.3 is 0 Å². The lowest BCUT2D eigenvalue weighted by Gasteiger charge is -2.38. The Kier molecular flexibility index (Phi) is 7.06. The van der Waals surface area contributed by atoms with Crippen molar-refractivity contribution in [1.29, 1.82) is 0 Å². The number of hydrogen-bond donors (Lipinski definition) is 0. The fourth-order valence-electron chi connectivity index (χ4n) is 4.59. The molecule has 1 saturated carbocycles. The Hall–Kier alpha value is -1.91. The smallest absolute Gasteiger partial charge is 0.144 e. The first-order valence-electron chi connectivity index (χ1n) is 10.9. The topological polar surface area (TPSA) is 9.23 Å². The van der Waals surface area contributed by atoms with Crippen molar-refractivity contribution in [2.75, 3.05) is 0 Å². The van der Waals surface area contributed by atoms with Crippen molar-refractivity contribution in [3.63, 3.8) is 0 Å². The van der Waals surface area contributed by atoms with Crippen LogP contribution in [0.3, 0.4) is 0 Å². The second-order valence-corrected chi connectivity index (χ2v) is 8.87. The zero-order chi connectivity index (χ0) is 20.8. The molecule has 1 fully saturated rings. The quantitative estimate of drug-likeness (QED) is 0.212. The maximum absolute atomic E-state index is 7.19. The van der Waals surface area contributed by atoms with Crippen LogP contribution >= 0.6 is 22.6 Å². The Labute approximate surface area is 194 Å². The van der Waals surface area contributed by atoms with E-state index in [-0.39, 0.29) is 6.10 Å². The summed E-state index contributed by atoms with van der Waals surface area (Å²) < 4.78 is 9.30. The van der Waals surface area contributed by atoms with E-state index in [0.717, 1.165) is 34.9 Å². The predicted molar refractivity (Wildman–Crippen MR) is 134 cm³/mol. The van der Waals surface area contributed by atoms with Gasteiger partial charge in [0.05, 0.1) is 6.10 Å². The number of benzene rings is 3. The van der Waals surface area contributed by atoms with Gasteiger partial charge in [-0.3, -0.25) is 0 Å². The Bertz CT molecular complexity index is 839. The normalized spacial score (nSPS) is 19.7. The molecule has 3 aromatic carbocycles. The highest BCUT2D eigenvalue weighted by molar-refractivity contribution is 14.1. The number of halogens is 1. The minimum Gasteiger partial charge on any atom is -0.354 e. The van der Waals surface area contributed by atoms with Crippen molar-refractivity contribution in [2.45, 2.75) is 37.9 Å². The summed E-state index contributed by atoms with van der Waals surface area (Å²) in [6.45, 7) is 2.30. The highest BCUT2D eigenvalue weighted by Crippen LogP contribution is 2.47. The molecule has 2 heteroatoms. The molecule has 4 rings (SSSR count). The van der Waals surface area contributed by atoms with Gasteiger partial charge in [0.15, 0.2) is 0 Å². The highest BCUT2D eigenvalue weighted by atomic mass is 127. The largest absolute Gasteiger partial charge is 0.354 e. The van der Waals surface area contributed by atoms with Crippen molar-refractivity contribution in [3.8, 4) is 0 Å². The van der Waals surface area contributed by atoms with Crippen molar-refractivity contribution < 1.29 is 4.74 Å². The molecule has 1 aliphatic carbocycles. The Balaban J connectivity index is 1.83. The summed E-state index contributed by atoms with van der Waals surface area (Å²) in [4.78, 5) is 0. The maximum Gasteiger partial charge on any atom is 0.144 e. The van der Waals surface area contributed by atoms with Crippen LogP contribution in [-0.4, -0.2) is 6.10 Å². The molecular weight excluding hydrogens is 479 g/mol. The Morgan fingerprint density at radius 2 is 1.30 bits per heavy atom. The van der Waals surface area contributed by atoms with Crippen LogP contribution in [0.4, 0.5) is 0 Å². The van der Waals surface area contributed by atoms with E-state index >= 15 is 0 Å². The molecule has 0 saturated heterocycles. The lowest BCUT2D eigenvalue weighted by atomic mass is 9.79. The summed E-state index contributed by atoms with van der Waals surface area (Å²) in [7, 11) is 0. The van der Waals surface area contributed by atoms with E-state index < -0.39 is 5.60 Å². The third-order valence-corrected chi connectivity index (χ3v) is 6.70. The molecule has 1 unspecified atom stereocenters. The zero-order valence-corrected chi connectivity index (χ0v) is 19.6. The highest BCUT2D eigenvalue weighted by Gasteiger charge is 2.42. The summed E-state index contributed by atoms with van der Waals surface area (Å²) in [6.07, 6.45) is 5.97. The first-order chi connectivity index (χ1) is 14.8. The lowest BCUT2D eigenvalue weighted by molar-refractivity contribution is -0.0303. The Morgan fingerprint density at radius 3 is 1.67 bits per heavy atom. The fourth-order valence-corrected chi connectivity index (χ4v) is 5.06. The molecule has 154 valence electrons. The van der Waals surface area contributed by atoms with Gasteiger partial charge in [-0.1, -0.05) is 127 Å². The molecule has 0 radical (unpaired) electrons. The number of hydrogen-bond acceptors (Lipinski definition) is 1. The first kappa shape index (κ1) is 21.3. The van der Waals surface area contributed by atoms with E-state index in [4.69, 9.17) is 4.74 Å². The maximum atomic E-state index is 7.19. The van der Waals surface area contributed by atoms with Crippen LogP contribution < -0.4 is 0 Å². The van der Waals surface area contributed by atoms with E-state index in [0.29, 0.717) is 0 Å². The van der Waals surface area contributed by atoms with Crippen molar-refractivity contribution in [2.24, 2.45) is 11.8 Å². The summed E-state index contributed by atoms with van der Waals surface area (Å²) >= 11 is 2.32. The van der Waals surface area contributed by atoms with Crippen LogP contribution in [0.1, 0.15) is 42.9 Å². The fraction of sp³-hybridized carbons (Fsp3) is 0.286.